The smallest absolute Gasteiger partial charge is 0.339 e. The Balaban J connectivity index is 3.13. The van der Waals surface area contributed by atoms with Gasteiger partial charge in [0.1, 0.15) is 16.7 Å². The van der Waals surface area contributed by atoms with Gasteiger partial charge in [-0.05, 0) is 30.0 Å². The minimum atomic E-state index is -1.21. The maximum Gasteiger partial charge on any atom is 0.339 e. The van der Waals surface area contributed by atoms with Crippen LogP contribution < -0.4 is 0 Å². The van der Waals surface area contributed by atoms with Crippen molar-refractivity contribution in [3.05, 3.63) is 23.8 Å². The van der Waals surface area contributed by atoms with E-state index in [1.165, 1.54) is 18.2 Å². The number of aromatic hydroxyl groups is 1. The minimum absolute atomic E-state index is 0.194. The van der Waals surface area contributed by atoms with E-state index in [4.69, 9.17) is 15.5 Å². The first kappa shape index (κ1) is 9.42. The number of hydrogen-bond acceptors (Lipinski definition) is 4. The van der Waals surface area contributed by atoms with Crippen LogP contribution in [0.3, 0.4) is 0 Å². The molecular weight excluding hydrogens is 190 g/mol. The van der Waals surface area contributed by atoms with E-state index in [2.05, 4.69) is 0 Å². The monoisotopic (exact) mass is 195 g/mol. The summed E-state index contributed by atoms with van der Waals surface area (Å²) in [5, 5.41) is 27.8. The Morgan fingerprint density at radius 2 is 2.23 bits per heavy atom. The van der Waals surface area contributed by atoms with Crippen molar-refractivity contribution >= 4 is 17.7 Å². The van der Waals surface area contributed by atoms with Crippen molar-refractivity contribution in [2.45, 2.75) is 4.90 Å². The average Bonchev–Trinajstić information content (AvgIpc) is 2.08. The largest absolute Gasteiger partial charge is 0.507 e. The third kappa shape index (κ3) is 2.13. The van der Waals surface area contributed by atoms with Crippen molar-refractivity contribution in [2.24, 2.45) is 0 Å². The number of aromatic carboxylic acids is 1. The first-order chi connectivity index (χ1) is 6.15. The zero-order valence-corrected chi connectivity index (χ0v) is 7.21. The number of benzene rings is 1. The SMILES string of the molecule is N#CSc1ccc(O)c(C(=O)O)c1. The Hall–Kier alpha value is -1.67. The Bertz CT molecular complexity index is 383. The zero-order chi connectivity index (χ0) is 9.84. The minimum Gasteiger partial charge on any atom is -0.507 e. The lowest BCUT2D eigenvalue weighted by atomic mass is 10.2. The fourth-order valence-electron chi connectivity index (χ4n) is 0.803. The van der Waals surface area contributed by atoms with Gasteiger partial charge in [0.2, 0.25) is 0 Å². The highest BCUT2D eigenvalue weighted by atomic mass is 32.2. The van der Waals surface area contributed by atoms with Crippen LogP contribution in [-0.2, 0) is 0 Å². The van der Waals surface area contributed by atoms with E-state index in [-0.39, 0.29) is 11.3 Å². The summed E-state index contributed by atoms with van der Waals surface area (Å²) in [6, 6.07) is 3.99. The summed E-state index contributed by atoms with van der Waals surface area (Å²) in [6.45, 7) is 0. The topological polar surface area (TPSA) is 81.3 Å². The maximum atomic E-state index is 10.5. The molecule has 0 bridgehead atoms. The summed E-state index contributed by atoms with van der Waals surface area (Å²) in [6.07, 6.45) is 0. The van der Waals surface area contributed by atoms with Crippen LogP contribution in [0.25, 0.3) is 0 Å². The van der Waals surface area contributed by atoms with Crippen molar-refractivity contribution in [3.8, 4) is 11.2 Å². The number of phenols is 1. The molecule has 0 radical (unpaired) electrons. The lowest BCUT2D eigenvalue weighted by Gasteiger charge is -1.99. The van der Waals surface area contributed by atoms with Gasteiger partial charge in [-0.15, -0.1) is 0 Å². The van der Waals surface area contributed by atoms with Gasteiger partial charge in [-0.25, -0.2) is 4.79 Å². The molecule has 0 amide bonds. The van der Waals surface area contributed by atoms with Crippen molar-refractivity contribution < 1.29 is 15.0 Å². The molecule has 0 aliphatic heterocycles. The number of carbonyl (C=O) groups is 1. The molecule has 4 nitrogen and oxygen atoms in total. The number of nitriles is 1. The fraction of sp³-hybridized carbons (Fsp3) is 0. The normalized spacial score (nSPS) is 9.15. The van der Waals surface area contributed by atoms with Crippen LogP contribution in [0.1, 0.15) is 10.4 Å². The van der Waals surface area contributed by atoms with E-state index >= 15 is 0 Å². The molecule has 5 heteroatoms. The lowest BCUT2D eigenvalue weighted by Crippen LogP contribution is -1.96. The van der Waals surface area contributed by atoms with Gasteiger partial charge in [0.15, 0.2) is 0 Å². The highest BCUT2D eigenvalue weighted by molar-refractivity contribution is 8.03. The summed E-state index contributed by atoms with van der Waals surface area (Å²) in [5.74, 6) is -1.51. The number of thioether (sulfide) groups is 1. The van der Waals surface area contributed by atoms with E-state index in [0.29, 0.717) is 4.90 Å². The van der Waals surface area contributed by atoms with Gasteiger partial charge in [-0.1, -0.05) is 0 Å². The van der Waals surface area contributed by atoms with Gasteiger partial charge in [-0.3, -0.25) is 0 Å². The second-order valence-corrected chi connectivity index (χ2v) is 3.04. The summed E-state index contributed by atoms with van der Waals surface area (Å²) < 4.78 is 0. The first-order valence-corrected chi connectivity index (χ1v) is 4.09. The van der Waals surface area contributed by atoms with Crippen molar-refractivity contribution in [1.29, 1.82) is 5.26 Å². The molecule has 1 aromatic carbocycles. The zero-order valence-electron chi connectivity index (χ0n) is 6.39. The Kier molecular flexibility index (Phi) is 2.77. The number of hydrogen-bond donors (Lipinski definition) is 2. The Morgan fingerprint density at radius 1 is 1.54 bits per heavy atom. The van der Waals surface area contributed by atoms with Crippen LogP contribution in [0.4, 0.5) is 0 Å². The van der Waals surface area contributed by atoms with Gasteiger partial charge in [0.05, 0.1) is 0 Å². The summed E-state index contributed by atoms with van der Waals surface area (Å²) >= 11 is 0.847. The molecule has 66 valence electrons. The fourth-order valence-corrected chi connectivity index (χ4v) is 1.22. The van der Waals surface area contributed by atoms with Crippen LogP contribution in [0.15, 0.2) is 23.1 Å². The third-order valence-corrected chi connectivity index (χ3v) is 1.94. The summed E-state index contributed by atoms with van der Waals surface area (Å²) in [4.78, 5) is 11.0. The molecule has 13 heavy (non-hydrogen) atoms. The van der Waals surface area contributed by atoms with Crippen LogP contribution in [-0.4, -0.2) is 16.2 Å². The molecule has 0 spiro atoms. The molecular formula is C8H5NO3S. The molecule has 1 aromatic rings. The van der Waals surface area contributed by atoms with Gasteiger partial charge in [0, 0.05) is 4.90 Å². The number of nitrogens with zero attached hydrogens (tertiary/aromatic N) is 1. The number of carboxylic acid groups (broad SMARTS) is 1. The quantitative estimate of drug-likeness (QED) is 0.554. The first-order valence-electron chi connectivity index (χ1n) is 3.27. The van der Waals surface area contributed by atoms with Crippen molar-refractivity contribution in [1.82, 2.24) is 0 Å². The predicted octanol–water partition coefficient (Wildman–Crippen LogP) is 1.66. The highest BCUT2D eigenvalue weighted by Crippen LogP contribution is 2.24. The molecule has 0 unspecified atom stereocenters. The summed E-state index contributed by atoms with van der Waals surface area (Å²) in [7, 11) is 0. The number of rotatable bonds is 2. The van der Waals surface area contributed by atoms with Gasteiger partial charge in [-0.2, -0.15) is 5.26 Å². The molecule has 0 aliphatic carbocycles. The molecule has 1 rings (SSSR count). The maximum absolute atomic E-state index is 10.5. The van der Waals surface area contributed by atoms with E-state index in [9.17, 15) is 4.79 Å². The van der Waals surface area contributed by atoms with Crippen LogP contribution in [0.5, 0.6) is 5.75 Å². The van der Waals surface area contributed by atoms with E-state index < -0.39 is 5.97 Å². The second kappa shape index (κ2) is 3.83. The summed E-state index contributed by atoms with van der Waals surface area (Å²) in [5.41, 5.74) is -0.194. The van der Waals surface area contributed by atoms with E-state index in [0.717, 1.165) is 11.8 Å². The van der Waals surface area contributed by atoms with Crippen LogP contribution in [0.2, 0.25) is 0 Å². The Labute approximate surface area is 78.4 Å². The van der Waals surface area contributed by atoms with Crippen LogP contribution in [0, 0.1) is 10.7 Å². The number of thiocyanates is 1. The standard InChI is InChI=1S/C8H5NO3S/c9-4-13-5-1-2-7(10)6(3-5)8(11)12/h1-3,10H,(H,11,12). The third-order valence-electron chi connectivity index (χ3n) is 1.36. The van der Waals surface area contributed by atoms with Crippen molar-refractivity contribution in [3.63, 3.8) is 0 Å². The Morgan fingerprint density at radius 3 is 2.77 bits per heavy atom. The molecule has 0 heterocycles. The molecule has 0 atom stereocenters. The van der Waals surface area contributed by atoms with Gasteiger partial charge in [0.25, 0.3) is 0 Å². The van der Waals surface area contributed by atoms with E-state index in [1.54, 1.807) is 0 Å². The molecule has 0 fully saturated rings. The molecule has 0 aliphatic rings. The predicted molar refractivity (Wildman–Crippen MR) is 46.5 cm³/mol. The molecule has 2 N–H and O–H groups in total. The number of carboxylic acids is 1. The molecule has 0 saturated heterocycles. The van der Waals surface area contributed by atoms with Crippen LogP contribution >= 0.6 is 11.8 Å². The molecule has 0 aromatic heterocycles. The lowest BCUT2D eigenvalue weighted by molar-refractivity contribution is 0.0693. The highest BCUT2D eigenvalue weighted by Gasteiger charge is 2.09. The van der Waals surface area contributed by atoms with Gasteiger partial charge < -0.3 is 10.2 Å². The second-order valence-electron chi connectivity index (χ2n) is 2.18. The average molecular weight is 195 g/mol. The van der Waals surface area contributed by atoms with Gasteiger partial charge >= 0.3 is 5.97 Å². The van der Waals surface area contributed by atoms with E-state index in [1.807, 2.05) is 5.40 Å². The molecule has 0 saturated carbocycles. The van der Waals surface area contributed by atoms with Crippen molar-refractivity contribution in [2.75, 3.05) is 0 Å².